The molecule has 0 saturated carbocycles. The van der Waals surface area contributed by atoms with Gasteiger partial charge < -0.3 is 9.97 Å². The molecule has 3 aromatic rings. The van der Waals surface area contributed by atoms with Crippen molar-refractivity contribution in [3.8, 4) is 0 Å². The first-order chi connectivity index (χ1) is 9.88. The lowest BCUT2D eigenvalue weighted by atomic mass is 10.3. The summed E-state index contributed by atoms with van der Waals surface area (Å²) in [4.78, 5) is 13.5. The van der Waals surface area contributed by atoms with Crippen LogP contribution in [-0.4, -0.2) is 10.8 Å². The van der Waals surface area contributed by atoms with Crippen LogP contribution in [0.1, 0.15) is 12.2 Å². The lowest BCUT2D eigenvalue weighted by molar-refractivity contribution is 0.926. The zero-order valence-electron chi connectivity index (χ0n) is 10.8. The van der Waals surface area contributed by atoms with E-state index >= 15 is 0 Å². The Morgan fingerprint density at radius 1 is 0.950 bits per heavy atom. The van der Waals surface area contributed by atoms with Gasteiger partial charge in [0.25, 0.3) is 5.36 Å². The minimum atomic E-state index is 0.769. The van der Waals surface area contributed by atoms with Gasteiger partial charge in [-0.05, 0) is 28.5 Å². The minimum absolute atomic E-state index is 0.769. The second-order valence-electron chi connectivity index (χ2n) is 4.76. The zero-order valence-corrected chi connectivity index (χ0v) is 10.8. The van der Waals surface area contributed by atoms with Gasteiger partial charge in [-0.3, -0.25) is 0 Å². The van der Waals surface area contributed by atoms with E-state index < -0.39 is 0 Å². The molecule has 1 aliphatic rings. The van der Waals surface area contributed by atoms with Gasteiger partial charge in [-0.25, -0.2) is 0 Å². The van der Waals surface area contributed by atoms with Gasteiger partial charge in [-0.2, -0.15) is 4.67 Å². The number of nitrogens with zero attached hydrogens (tertiary/aromatic N) is 4. The van der Waals surface area contributed by atoms with E-state index in [2.05, 4.69) is 19.6 Å². The van der Waals surface area contributed by atoms with E-state index in [4.69, 9.17) is 0 Å². The summed E-state index contributed by atoms with van der Waals surface area (Å²) in [5, 5.41) is 1.91. The standard InChI is InChI=1S/C16H12N4/c1-2-6-12-11(5-1)17-15(18-12)9-10-16-19-13-7-3-4-8-14(13)20-16/h1-8H,9-10H2. The summed E-state index contributed by atoms with van der Waals surface area (Å²) < 4.78 is 4.52. The number of imidazole rings is 1. The molecule has 0 N–H and O–H groups in total. The Bertz CT molecular complexity index is 913. The molecule has 4 rings (SSSR count). The Balaban J connectivity index is 1.58. The van der Waals surface area contributed by atoms with Crippen LogP contribution in [0.25, 0.3) is 11.0 Å². The lowest BCUT2D eigenvalue weighted by Gasteiger charge is -1.97. The van der Waals surface area contributed by atoms with Gasteiger partial charge in [0, 0.05) is 6.07 Å². The highest BCUT2D eigenvalue weighted by Crippen LogP contribution is 2.10. The van der Waals surface area contributed by atoms with E-state index in [1.165, 1.54) is 0 Å². The third-order valence-electron chi connectivity index (χ3n) is 3.33. The van der Waals surface area contributed by atoms with Crippen molar-refractivity contribution in [2.45, 2.75) is 12.8 Å². The Morgan fingerprint density at radius 3 is 2.70 bits per heavy atom. The fourth-order valence-corrected chi connectivity index (χ4v) is 2.36. The molecule has 1 aliphatic heterocycles. The molecule has 2 aromatic carbocycles. The summed E-state index contributed by atoms with van der Waals surface area (Å²) in [6.07, 6.45) is 1.54. The molecule has 0 fully saturated rings. The molecule has 2 heterocycles. The first-order valence-electron chi connectivity index (χ1n) is 6.65. The summed E-state index contributed by atoms with van der Waals surface area (Å²) in [5.74, 6) is 1.72. The highest BCUT2D eigenvalue weighted by atomic mass is 14.9. The molecule has 96 valence electrons. The number of benzene rings is 2. The van der Waals surface area contributed by atoms with Crippen molar-refractivity contribution in [3.63, 3.8) is 0 Å². The molecule has 0 aliphatic carbocycles. The van der Waals surface area contributed by atoms with Crippen molar-refractivity contribution in [2.24, 2.45) is 4.99 Å². The number of aromatic nitrogens is 2. The molecule has 20 heavy (non-hydrogen) atoms. The van der Waals surface area contributed by atoms with E-state index in [0.29, 0.717) is 0 Å². The third-order valence-corrected chi connectivity index (χ3v) is 3.33. The largest absolute Gasteiger partial charge is 0.440 e. The minimum Gasteiger partial charge on any atom is -0.440 e. The van der Waals surface area contributed by atoms with Gasteiger partial charge in [-0.15, -0.1) is 0 Å². The van der Waals surface area contributed by atoms with Crippen LogP contribution in [0.3, 0.4) is 0 Å². The average molecular weight is 260 g/mol. The molecule has 0 saturated heterocycles. The van der Waals surface area contributed by atoms with E-state index in [1.54, 1.807) is 0 Å². The molecular weight excluding hydrogens is 248 g/mol. The van der Waals surface area contributed by atoms with Crippen LogP contribution in [-0.2, 0) is 6.42 Å². The maximum atomic E-state index is 4.52. The van der Waals surface area contributed by atoms with Crippen molar-refractivity contribution in [1.82, 2.24) is 14.6 Å². The quantitative estimate of drug-likeness (QED) is 0.646. The van der Waals surface area contributed by atoms with Gasteiger partial charge in [-0.1, -0.05) is 42.2 Å². The van der Waals surface area contributed by atoms with Gasteiger partial charge >= 0.3 is 5.84 Å². The fraction of sp³-hybridized carbons (Fsp3) is 0.125. The number of hydrogen-bond acceptors (Lipinski definition) is 2. The normalized spacial score (nSPS) is 12.7. The van der Waals surface area contributed by atoms with E-state index in [0.717, 1.165) is 46.2 Å². The molecule has 0 spiro atoms. The van der Waals surface area contributed by atoms with Crippen molar-refractivity contribution in [1.29, 1.82) is 0 Å². The number of amidine groups is 1. The number of aryl methyl sites for hydroxylation is 1. The van der Waals surface area contributed by atoms with Crippen LogP contribution in [0.2, 0.25) is 0 Å². The van der Waals surface area contributed by atoms with E-state index in [1.807, 2.05) is 48.5 Å². The Labute approximate surface area is 115 Å². The third kappa shape index (κ3) is 1.92. The molecule has 0 unspecified atom stereocenters. The molecule has 4 heteroatoms. The second-order valence-corrected chi connectivity index (χ2v) is 4.76. The van der Waals surface area contributed by atoms with Crippen molar-refractivity contribution < 1.29 is 0 Å². The summed E-state index contributed by atoms with van der Waals surface area (Å²) >= 11 is 0. The van der Waals surface area contributed by atoms with Crippen LogP contribution >= 0.6 is 0 Å². The fourth-order valence-electron chi connectivity index (χ4n) is 2.36. The van der Waals surface area contributed by atoms with Crippen LogP contribution in [0.4, 0.5) is 0 Å². The Morgan fingerprint density at radius 2 is 1.80 bits per heavy atom. The summed E-state index contributed by atoms with van der Waals surface area (Å²) in [6.45, 7) is 0. The van der Waals surface area contributed by atoms with Crippen molar-refractivity contribution in [2.75, 3.05) is 0 Å². The number of fused-ring (bicyclic) bond motifs is 2. The second kappa shape index (κ2) is 4.44. The van der Waals surface area contributed by atoms with Crippen molar-refractivity contribution >= 4 is 16.9 Å². The maximum absolute atomic E-state index is 4.52. The predicted octanol–water partition coefficient (Wildman–Crippen LogP) is 0.543. The number of rotatable bonds is 3. The highest BCUT2D eigenvalue weighted by Gasteiger charge is 2.14. The monoisotopic (exact) mass is 260 g/mol. The molecule has 1 aromatic heterocycles. The molecule has 0 atom stereocenters. The number of para-hydroxylation sites is 4. The first kappa shape index (κ1) is 11.1. The zero-order chi connectivity index (χ0) is 13.4. The van der Waals surface area contributed by atoms with Crippen LogP contribution in [0.15, 0.2) is 53.5 Å². The van der Waals surface area contributed by atoms with E-state index in [9.17, 15) is 0 Å². The smallest absolute Gasteiger partial charge is 0.391 e. The molecule has 0 amide bonds. The van der Waals surface area contributed by atoms with Gasteiger partial charge in [0.15, 0.2) is 0 Å². The van der Waals surface area contributed by atoms with E-state index in [-0.39, 0.29) is 0 Å². The molecule has 4 nitrogen and oxygen atoms in total. The van der Waals surface area contributed by atoms with Gasteiger partial charge in [0.05, 0.1) is 6.42 Å². The molecular formula is C16H12N4. The summed E-state index contributed by atoms with van der Waals surface area (Å²) in [5.41, 5.74) is 1.91. The van der Waals surface area contributed by atoms with Crippen LogP contribution < -0.4 is 20.4 Å². The highest BCUT2D eigenvalue weighted by molar-refractivity contribution is 5.82. The van der Waals surface area contributed by atoms with Crippen LogP contribution in [0.5, 0.6) is 0 Å². The SMILES string of the molecule is c1ccc2c(c1)=NC(CCc1nc3ccccc3[n-]1)=[N+]=2. The molecule has 0 radical (unpaired) electrons. The predicted molar refractivity (Wildman–Crippen MR) is 76.9 cm³/mol. The first-order valence-corrected chi connectivity index (χ1v) is 6.65. The topological polar surface area (TPSA) is 53.5 Å². The Kier molecular flexibility index (Phi) is 2.47. The average Bonchev–Trinajstić information content (AvgIpc) is 3.07. The van der Waals surface area contributed by atoms with Gasteiger partial charge in [0.2, 0.25) is 5.36 Å². The summed E-state index contributed by atoms with van der Waals surface area (Å²) in [7, 11) is 0. The van der Waals surface area contributed by atoms with Crippen molar-refractivity contribution in [3.05, 3.63) is 65.1 Å². The van der Waals surface area contributed by atoms with Crippen LogP contribution in [0, 0.1) is 0 Å². The van der Waals surface area contributed by atoms with Gasteiger partial charge in [0.1, 0.15) is 0 Å². The Hall–Kier alpha value is -2.71. The maximum Gasteiger partial charge on any atom is 0.391 e. The number of hydrogen-bond donors (Lipinski definition) is 0. The summed E-state index contributed by atoms with van der Waals surface area (Å²) in [6, 6.07) is 15.9. The molecule has 0 bridgehead atoms. The lowest BCUT2D eigenvalue weighted by Crippen LogP contribution is -2.22.